The van der Waals surface area contributed by atoms with Crippen molar-refractivity contribution in [2.75, 3.05) is 27.7 Å². The van der Waals surface area contributed by atoms with E-state index in [1.807, 2.05) is 11.9 Å². The molecule has 4 atom stereocenters. The van der Waals surface area contributed by atoms with Gasteiger partial charge in [-0.25, -0.2) is 4.39 Å². The molecule has 2 aromatic carbocycles. The molecule has 0 aliphatic heterocycles. The summed E-state index contributed by atoms with van der Waals surface area (Å²) in [5.41, 5.74) is 3.56. The number of carbonyl (C=O) groups is 3. The lowest BCUT2D eigenvalue weighted by Crippen LogP contribution is -2.63. The zero-order chi connectivity index (χ0) is 31.5. The van der Waals surface area contributed by atoms with Crippen molar-refractivity contribution in [2.45, 2.75) is 31.0 Å². The molecule has 3 aliphatic rings. The number of nitrogens with two attached hydrogens (primary N) is 1. The molecule has 0 fully saturated rings. The average molecular weight is 592 g/mol. The second-order valence-corrected chi connectivity index (χ2v) is 11.7. The maximum Gasteiger partial charge on any atom is 0.255 e. The fourth-order valence-corrected chi connectivity index (χ4v) is 6.96. The molecule has 43 heavy (non-hydrogen) atoms. The molecular weight excluding hydrogens is 557 g/mol. The first-order valence-electron chi connectivity index (χ1n) is 13.8. The van der Waals surface area contributed by atoms with Crippen LogP contribution in [0.2, 0.25) is 0 Å². The number of benzene rings is 2. The molecule has 0 radical (unpaired) electrons. The van der Waals surface area contributed by atoms with Crippen molar-refractivity contribution in [1.82, 2.24) is 9.80 Å². The van der Waals surface area contributed by atoms with E-state index in [1.54, 1.807) is 38.4 Å². The Labute approximate surface area is 247 Å². The van der Waals surface area contributed by atoms with Crippen molar-refractivity contribution in [2.24, 2.45) is 17.6 Å². The van der Waals surface area contributed by atoms with E-state index in [0.29, 0.717) is 35.3 Å². The number of carbonyl (C=O) groups excluding carboxylic acids is 3. The van der Waals surface area contributed by atoms with Gasteiger partial charge in [0.15, 0.2) is 11.4 Å². The summed E-state index contributed by atoms with van der Waals surface area (Å²) in [6.45, 7) is 4.56. The number of aliphatic hydroxyl groups excluding tert-OH is 2. The van der Waals surface area contributed by atoms with Gasteiger partial charge in [0.2, 0.25) is 5.78 Å². The fraction of sp³-hybridized carbons (Fsp3) is 0.344. The Morgan fingerprint density at radius 1 is 1.16 bits per heavy atom. The molecule has 1 amide bonds. The number of phenolic OH excluding ortho intramolecular Hbond substituents is 1. The number of likely N-dealkylation sites (N-methyl/N-ethyl adjacent to an activating group) is 2. The van der Waals surface area contributed by atoms with Gasteiger partial charge in [0.1, 0.15) is 28.7 Å². The molecule has 0 saturated carbocycles. The van der Waals surface area contributed by atoms with Crippen LogP contribution >= 0.6 is 0 Å². The first-order valence-corrected chi connectivity index (χ1v) is 13.8. The second-order valence-electron chi connectivity index (χ2n) is 11.7. The van der Waals surface area contributed by atoms with Gasteiger partial charge >= 0.3 is 0 Å². The van der Waals surface area contributed by atoms with E-state index in [2.05, 4.69) is 6.58 Å². The Balaban J connectivity index is 1.66. The number of hydrogen-bond donors (Lipinski definition) is 5. The fourth-order valence-electron chi connectivity index (χ4n) is 6.96. The highest BCUT2D eigenvalue weighted by Crippen LogP contribution is 2.53. The number of halogens is 1. The normalized spacial score (nSPS) is 25.1. The van der Waals surface area contributed by atoms with E-state index in [-0.39, 0.29) is 29.7 Å². The molecule has 3 aliphatic carbocycles. The molecule has 5 rings (SSSR count). The largest absolute Gasteiger partial charge is 0.510 e. The summed E-state index contributed by atoms with van der Waals surface area (Å²) in [5.74, 6) is -7.51. The molecule has 0 spiro atoms. The summed E-state index contributed by atoms with van der Waals surface area (Å²) in [6.07, 6.45) is 1.81. The van der Waals surface area contributed by atoms with Crippen LogP contribution < -0.4 is 5.73 Å². The molecule has 11 heteroatoms. The molecule has 10 nitrogen and oxygen atoms in total. The Bertz CT molecular complexity index is 1650. The first-order chi connectivity index (χ1) is 20.2. The standard InChI is InChI=1S/C32H34FN3O7/c1-5-10-36(4)14-17-11-15(6-8-21(17)33)18-7-9-22(37)24-19(18)12-16-13-20-26(35(2)3)28(39)25(31(34)42)30(41)32(20,43)29(40)23(16)27(24)38/h5-9,11,16,20,26,37,39-40,43H,1,10,12-14H2,2-4H3,(H2,34,42)/t16-,20-,26-,32-/m0/s1. The van der Waals surface area contributed by atoms with Gasteiger partial charge in [-0.1, -0.05) is 18.2 Å². The topological polar surface area (TPSA) is 165 Å². The van der Waals surface area contributed by atoms with Crippen molar-refractivity contribution in [3.05, 3.63) is 88.2 Å². The minimum Gasteiger partial charge on any atom is -0.510 e. The van der Waals surface area contributed by atoms with Crippen LogP contribution in [0.25, 0.3) is 11.1 Å². The van der Waals surface area contributed by atoms with E-state index >= 15 is 0 Å². The summed E-state index contributed by atoms with van der Waals surface area (Å²) in [4.78, 5) is 43.0. The van der Waals surface area contributed by atoms with E-state index < -0.39 is 63.9 Å². The van der Waals surface area contributed by atoms with Gasteiger partial charge < -0.3 is 26.2 Å². The molecule has 0 bridgehead atoms. The van der Waals surface area contributed by atoms with Gasteiger partial charge in [0, 0.05) is 30.1 Å². The Hall–Kier alpha value is -4.32. The molecule has 6 N–H and O–H groups in total. The van der Waals surface area contributed by atoms with E-state index in [1.165, 1.54) is 17.0 Å². The number of hydrogen-bond acceptors (Lipinski definition) is 9. The quantitative estimate of drug-likeness (QED) is 0.240. The van der Waals surface area contributed by atoms with Gasteiger partial charge in [0.05, 0.1) is 11.6 Å². The number of fused-ring (bicyclic) bond motifs is 3. The number of aromatic hydroxyl groups is 1. The van der Waals surface area contributed by atoms with Gasteiger partial charge in [-0.3, -0.25) is 24.2 Å². The minimum absolute atomic E-state index is 0.0259. The molecule has 2 aromatic rings. The highest BCUT2D eigenvalue weighted by atomic mass is 19.1. The molecule has 0 unspecified atom stereocenters. The molecule has 226 valence electrons. The third-order valence-electron chi connectivity index (χ3n) is 8.84. The summed E-state index contributed by atoms with van der Waals surface area (Å²) >= 11 is 0. The van der Waals surface area contributed by atoms with Crippen LogP contribution in [-0.4, -0.2) is 87.0 Å². The van der Waals surface area contributed by atoms with Gasteiger partial charge in [0.25, 0.3) is 5.91 Å². The van der Waals surface area contributed by atoms with Crippen molar-refractivity contribution < 1.29 is 39.2 Å². The highest BCUT2D eigenvalue weighted by Gasteiger charge is 2.63. The van der Waals surface area contributed by atoms with Crippen LogP contribution in [-0.2, 0) is 22.6 Å². The van der Waals surface area contributed by atoms with Gasteiger partial charge in [-0.2, -0.15) is 0 Å². The maximum absolute atomic E-state index is 14.8. The molecule has 0 aromatic heterocycles. The second kappa shape index (κ2) is 10.7. The molecule has 0 heterocycles. The number of phenols is 1. The van der Waals surface area contributed by atoms with E-state index in [9.17, 15) is 39.2 Å². The third-order valence-corrected chi connectivity index (χ3v) is 8.84. The molecular formula is C32H34FN3O7. The smallest absolute Gasteiger partial charge is 0.255 e. The lowest BCUT2D eigenvalue weighted by Gasteiger charge is -2.50. The highest BCUT2D eigenvalue weighted by molar-refractivity contribution is 6.24. The summed E-state index contributed by atoms with van der Waals surface area (Å²) < 4.78 is 14.8. The summed E-state index contributed by atoms with van der Waals surface area (Å²) in [5, 5.41) is 45.0. The van der Waals surface area contributed by atoms with Crippen LogP contribution in [0.4, 0.5) is 4.39 Å². The monoisotopic (exact) mass is 591 g/mol. The van der Waals surface area contributed by atoms with Crippen molar-refractivity contribution in [3.8, 4) is 16.9 Å². The van der Waals surface area contributed by atoms with Crippen LogP contribution in [0.5, 0.6) is 5.75 Å². The minimum atomic E-state index is -2.71. The first kappa shape index (κ1) is 30.1. The summed E-state index contributed by atoms with van der Waals surface area (Å²) in [6, 6.07) is 6.50. The van der Waals surface area contributed by atoms with Crippen LogP contribution in [0.15, 0.2) is 65.7 Å². The number of Topliss-reactive ketones (excluding diaryl/α,β-unsaturated/α-hetero) is 2. The SMILES string of the molecule is C=CCN(C)Cc1cc(-c2ccc(O)c3c2C[C@H]2C[C@H]4[C@H](N(C)C)C(O)=C(C(N)=O)C(=O)[C@@]4(O)C(O)=C2C3=O)ccc1F. The van der Waals surface area contributed by atoms with E-state index in [0.717, 1.165) is 0 Å². The van der Waals surface area contributed by atoms with E-state index in [4.69, 9.17) is 5.73 Å². The number of ketones is 2. The zero-order valence-corrected chi connectivity index (χ0v) is 24.1. The number of primary amides is 1. The third kappa shape index (κ3) is 4.55. The number of amides is 1. The Kier molecular flexibility index (Phi) is 7.54. The number of rotatable bonds is 7. The average Bonchev–Trinajstić information content (AvgIpc) is 2.92. The van der Waals surface area contributed by atoms with Crippen molar-refractivity contribution in [1.29, 1.82) is 0 Å². The zero-order valence-electron chi connectivity index (χ0n) is 24.1. The van der Waals surface area contributed by atoms with Crippen LogP contribution in [0, 0.1) is 17.7 Å². The van der Waals surface area contributed by atoms with Crippen LogP contribution in [0.3, 0.4) is 0 Å². The molecule has 0 saturated heterocycles. The lowest BCUT2D eigenvalue weighted by molar-refractivity contribution is -0.148. The van der Waals surface area contributed by atoms with Crippen LogP contribution in [0.1, 0.15) is 27.9 Å². The van der Waals surface area contributed by atoms with Crippen molar-refractivity contribution >= 4 is 17.5 Å². The predicted molar refractivity (Wildman–Crippen MR) is 156 cm³/mol. The van der Waals surface area contributed by atoms with Gasteiger partial charge in [-0.15, -0.1) is 6.58 Å². The van der Waals surface area contributed by atoms with Gasteiger partial charge in [-0.05, 0) is 74.8 Å². The van der Waals surface area contributed by atoms with Crippen molar-refractivity contribution in [3.63, 3.8) is 0 Å². The predicted octanol–water partition coefficient (Wildman–Crippen LogP) is 2.54. The lowest BCUT2D eigenvalue weighted by atomic mass is 9.58. The number of allylic oxidation sites excluding steroid dienone is 1. The Morgan fingerprint density at radius 2 is 1.86 bits per heavy atom. The Morgan fingerprint density at radius 3 is 2.49 bits per heavy atom. The number of aliphatic hydroxyl groups is 3. The number of nitrogens with zero attached hydrogens (tertiary/aromatic N) is 2. The maximum atomic E-state index is 14.8. The summed E-state index contributed by atoms with van der Waals surface area (Å²) in [7, 11) is 4.97.